The van der Waals surface area contributed by atoms with Crippen LogP contribution in [0.1, 0.15) is 17.7 Å². The largest absolute Gasteiger partial charge is 0.508 e. The van der Waals surface area contributed by atoms with Gasteiger partial charge in [-0.05, 0) is 48.2 Å². The molecule has 0 amide bonds. The van der Waals surface area contributed by atoms with Crippen molar-refractivity contribution in [3.05, 3.63) is 77.9 Å². The van der Waals surface area contributed by atoms with Crippen molar-refractivity contribution in [3.63, 3.8) is 0 Å². The average molecular weight is 364 g/mol. The zero-order valence-electron chi connectivity index (χ0n) is 14.9. The number of nitrogens with zero attached hydrogens (tertiary/aromatic N) is 1. The highest BCUT2D eigenvalue weighted by atomic mass is 19.1. The highest BCUT2D eigenvalue weighted by Gasteiger charge is 2.19. The number of aryl methyl sites for hydroxylation is 1. The molecular formula is C22H21FN2O2. The summed E-state index contributed by atoms with van der Waals surface area (Å²) in [6.45, 7) is 1.37. The molecule has 0 saturated carbocycles. The normalized spacial score (nSPS) is 15.8. The molecule has 2 heterocycles. The quantitative estimate of drug-likeness (QED) is 0.716. The minimum absolute atomic E-state index is 0.0813. The number of halogens is 1. The highest BCUT2D eigenvalue weighted by molar-refractivity contribution is 5.62. The molecule has 3 aromatic rings. The van der Waals surface area contributed by atoms with Crippen LogP contribution in [0.2, 0.25) is 0 Å². The first-order chi connectivity index (χ1) is 13.2. The van der Waals surface area contributed by atoms with Gasteiger partial charge < -0.3 is 15.2 Å². The van der Waals surface area contributed by atoms with Gasteiger partial charge in [-0.1, -0.05) is 24.3 Å². The van der Waals surface area contributed by atoms with Crippen molar-refractivity contribution < 1.29 is 14.2 Å². The monoisotopic (exact) mass is 364 g/mol. The number of fused-ring (bicyclic) bond motifs is 1. The van der Waals surface area contributed by atoms with Gasteiger partial charge in [0.2, 0.25) is 0 Å². The zero-order chi connectivity index (χ0) is 18.6. The van der Waals surface area contributed by atoms with Gasteiger partial charge in [0.15, 0.2) is 0 Å². The number of pyridine rings is 1. The van der Waals surface area contributed by atoms with E-state index in [9.17, 15) is 9.50 Å². The van der Waals surface area contributed by atoms with Crippen LogP contribution < -0.4 is 10.1 Å². The van der Waals surface area contributed by atoms with E-state index in [0.717, 1.165) is 47.5 Å². The predicted octanol–water partition coefficient (Wildman–Crippen LogP) is 4.08. The van der Waals surface area contributed by atoms with Crippen LogP contribution >= 0.6 is 0 Å². The van der Waals surface area contributed by atoms with E-state index < -0.39 is 0 Å². The number of benzene rings is 2. The number of rotatable bonds is 5. The second-order valence-electron chi connectivity index (χ2n) is 6.75. The van der Waals surface area contributed by atoms with E-state index in [4.69, 9.17) is 4.74 Å². The molecular weight excluding hydrogens is 343 g/mol. The van der Waals surface area contributed by atoms with Crippen molar-refractivity contribution in [2.24, 2.45) is 0 Å². The van der Waals surface area contributed by atoms with Gasteiger partial charge in [0.1, 0.15) is 23.4 Å². The molecule has 4 rings (SSSR count). The molecule has 2 N–H and O–H groups in total. The van der Waals surface area contributed by atoms with Gasteiger partial charge in [-0.2, -0.15) is 0 Å². The number of hydrogen-bond acceptors (Lipinski definition) is 4. The van der Waals surface area contributed by atoms with Crippen molar-refractivity contribution in [3.8, 4) is 22.6 Å². The van der Waals surface area contributed by atoms with Crippen molar-refractivity contribution >= 4 is 0 Å². The minimum Gasteiger partial charge on any atom is -0.508 e. The first kappa shape index (κ1) is 17.5. The molecule has 0 fully saturated rings. The number of aromatic hydroxyl groups is 1. The molecule has 0 saturated heterocycles. The van der Waals surface area contributed by atoms with E-state index in [0.29, 0.717) is 6.54 Å². The van der Waals surface area contributed by atoms with Crippen LogP contribution in [0.4, 0.5) is 4.39 Å². The molecule has 138 valence electrons. The maximum Gasteiger partial charge on any atom is 0.126 e. The lowest BCUT2D eigenvalue weighted by Gasteiger charge is -2.26. The number of phenolic OH excluding ortho intramolecular Hbond substituents is 1. The number of phenols is 1. The van der Waals surface area contributed by atoms with Gasteiger partial charge in [0.25, 0.3) is 0 Å². The topological polar surface area (TPSA) is 54.4 Å². The maximum atomic E-state index is 13.0. The molecule has 1 atom stereocenters. The van der Waals surface area contributed by atoms with Crippen LogP contribution in [0.25, 0.3) is 11.1 Å². The summed E-state index contributed by atoms with van der Waals surface area (Å²) in [5.41, 5.74) is 3.99. The second kappa shape index (κ2) is 7.76. The van der Waals surface area contributed by atoms with Crippen LogP contribution in [0, 0.1) is 5.82 Å². The van der Waals surface area contributed by atoms with E-state index in [1.54, 1.807) is 30.5 Å². The molecule has 4 nitrogen and oxygen atoms in total. The zero-order valence-corrected chi connectivity index (χ0v) is 14.9. The molecule has 1 unspecified atom stereocenters. The van der Waals surface area contributed by atoms with Crippen molar-refractivity contribution in [2.75, 3.05) is 6.54 Å². The summed E-state index contributed by atoms with van der Waals surface area (Å²) < 4.78 is 19.0. The smallest absolute Gasteiger partial charge is 0.126 e. The van der Waals surface area contributed by atoms with Crippen molar-refractivity contribution in [1.82, 2.24) is 10.3 Å². The lowest BCUT2D eigenvalue weighted by Crippen LogP contribution is -2.34. The third-order valence-corrected chi connectivity index (χ3v) is 4.76. The Morgan fingerprint density at radius 1 is 1.07 bits per heavy atom. The lowest BCUT2D eigenvalue weighted by molar-refractivity contribution is 0.169. The third-order valence-electron chi connectivity index (χ3n) is 4.76. The number of nitrogens with one attached hydrogen (secondary N) is 1. The van der Waals surface area contributed by atoms with Gasteiger partial charge in [-0.15, -0.1) is 0 Å². The predicted molar refractivity (Wildman–Crippen MR) is 102 cm³/mol. The molecule has 2 aromatic carbocycles. The Morgan fingerprint density at radius 2 is 1.89 bits per heavy atom. The van der Waals surface area contributed by atoms with Crippen molar-refractivity contribution in [1.29, 1.82) is 0 Å². The maximum absolute atomic E-state index is 13.0. The molecule has 0 aliphatic carbocycles. The van der Waals surface area contributed by atoms with Gasteiger partial charge in [-0.3, -0.25) is 4.98 Å². The number of hydrogen-bond donors (Lipinski definition) is 2. The Morgan fingerprint density at radius 3 is 2.67 bits per heavy atom. The third kappa shape index (κ3) is 4.26. The summed E-state index contributed by atoms with van der Waals surface area (Å²) in [5.74, 6) is 0.762. The van der Waals surface area contributed by atoms with Crippen molar-refractivity contribution in [2.45, 2.75) is 25.5 Å². The molecule has 27 heavy (non-hydrogen) atoms. The summed E-state index contributed by atoms with van der Waals surface area (Å²) in [6.07, 6.45) is 3.78. The van der Waals surface area contributed by atoms with Crippen LogP contribution in [0.3, 0.4) is 0 Å². The Bertz CT molecular complexity index is 911. The summed E-state index contributed by atoms with van der Waals surface area (Å²) >= 11 is 0. The average Bonchev–Trinajstić information content (AvgIpc) is 2.69. The van der Waals surface area contributed by atoms with E-state index >= 15 is 0 Å². The first-order valence-corrected chi connectivity index (χ1v) is 9.07. The summed E-state index contributed by atoms with van der Waals surface area (Å²) in [5, 5.41) is 13.0. The highest BCUT2D eigenvalue weighted by Crippen LogP contribution is 2.30. The fourth-order valence-electron chi connectivity index (χ4n) is 3.26. The van der Waals surface area contributed by atoms with E-state index in [2.05, 4.69) is 10.3 Å². The summed E-state index contributed by atoms with van der Waals surface area (Å²) in [6, 6.07) is 15.7. The number of aromatic nitrogens is 1. The molecule has 1 aliphatic heterocycles. The van der Waals surface area contributed by atoms with E-state index in [1.807, 2.05) is 18.2 Å². The fraction of sp³-hybridized carbons (Fsp3) is 0.227. The Balaban J connectivity index is 1.30. The second-order valence-corrected chi connectivity index (χ2v) is 6.75. The summed E-state index contributed by atoms with van der Waals surface area (Å²) in [4.78, 5) is 4.48. The molecule has 1 aliphatic rings. The molecule has 5 heteroatoms. The molecule has 1 aromatic heterocycles. The number of ether oxygens (including phenoxy) is 1. The lowest BCUT2D eigenvalue weighted by atomic mass is 10.0. The Hall–Kier alpha value is -2.92. The first-order valence-electron chi connectivity index (χ1n) is 9.07. The van der Waals surface area contributed by atoms with Gasteiger partial charge in [0.05, 0.1) is 5.69 Å². The van der Waals surface area contributed by atoms with Crippen LogP contribution in [0.5, 0.6) is 11.5 Å². The molecule has 0 spiro atoms. The van der Waals surface area contributed by atoms with E-state index in [-0.39, 0.29) is 17.7 Å². The van der Waals surface area contributed by atoms with Gasteiger partial charge in [0, 0.05) is 30.9 Å². The van der Waals surface area contributed by atoms with E-state index in [1.165, 1.54) is 12.1 Å². The SMILES string of the molecule is Oc1ccc2c(c1)OC(CNCc1ccc(-c3ccc(F)cc3)cn1)CC2. The van der Waals surface area contributed by atoms with Crippen LogP contribution in [0.15, 0.2) is 60.8 Å². The van der Waals surface area contributed by atoms with Crippen LogP contribution in [-0.2, 0) is 13.0 Å². The minimum atomic E-state index is -0.240. The molecule has 0 radical (unpaired) electrons. The fourth-order valence-corrected chi connectivity index (χ4v) is 3.26. The van der Waals surface area contributed by atoms with Gasteiger partial charge >= 0.3 is 0 Å². The van der Waals surface area contributed by atoms with Gasteiger partial charge in [-0.25, -0.2) is 4.39 Å². The van der Waals surface area contributed by atoms with Crippen LogP contribution in [-0.4, -0.2) is 22.7 Å². The Kier molecular flexibility index (Phi) is 5.03. The Labute approximate surface area is 157 Å². The standard InChI is InChI=1S/C22H21FN2O2/c23-18-6-1-15(2-7-18)17-3-8-19(25-12-17)13-24-14-21-10-5-16-4-9-20(26)11-22(16)27-21/h1-4,6-9,11-12,21,24,26H,5,10,13-14H2. The summed E-state index contributed by atoms with van der Waals surface area (Å²) in [7, 11) is 0. The molecule has 0 bridgehead atoms.